The quantitative estimate of drug-likeness (QED) is 0.593. The number of hydrogen-bond donors (Lipinski definition) is 1. The first kappa shape index (κ1) is 21.4. The van der Waals surface area contributed by atoms with Crippen LogP contribution in [0.2, 0.25) is 0 Å². The van der Waals surface area contributed by atoms with Gasteiger partial charge in [-0.1, -0.05) is 49.2 Å². The summed E-state index contributed by atoms with van der Waals surface area (Å²) < 4.78 is 35.4. The van der Waals surface area contributed by atoms with E-state index >= 15 is 0 Å². The maximum absolute atomic E-state index is 13.2. The fraction of sp³-hybridized carbons (Fsp3) is 0.375. The first-order valence-corrected chi connectivity index (χ1v) is 12.5. The van der Waals surface area contributed by atoms with Crippen LogP contribution in [-0.4, -0.2) is 34.2 Å². The monoisotopic (exact) mass is 441 g/mol. The second kappa shape index (κ2) is 8.38. The van der Waals surface area contributed by atoms with E-state index in [9.17, 15) is 13.2 Å². The summed E-state index contributed by atoms with van der Waals surface area (Å²) in [6.45, 7) is 0.432. The molecule has 1 aliphatic carbocycles. The van der Waals surface area contributed by atoms with Crippen molar-refractivity contribution < 1.29 is 22.4 Å². The Labute approximate surface area is 182 Å². The summed E-state index contributed by atoms with van der Waals surface area (Å²) >= 11 is 0. The Balaban J connectivity index is 1.65. The highest BCUT2D eigenvalue weighted by Gasteiger charge is 2.38. The number of carbonyl (C=O) groups is 1. The topological polar surface area (TPSA) is 85.6 Å². The Morgan fingerprint density at radius 1 is 1.10 bits per heavy atom. The van der Waals surface area contributed by atoms with Crippen molar-refractivity contribution in [2.24, 2.45) is 0 Å². The van der Waals surface area contributed by atoms with E-state index in [0.29, 0.717) is 23.1 Å². The molecule has 0 spiro atoms. The maximum Gasteiger partial charge on any atom is 0.287 e. The second-order valence-electron chi connectivity index (χ2n) is 8.35. The molecule has 2 aromatic carbocycles. The molecular formula is C24H27NO5S. The van der Waals surface area contributed by atoms with Gasteiger partial charge < -0.3 is 14.5 Å². The van der Waals surface area contributed by atoms with Gasteiger partial charge in [-0.25, -0.2) is 8.42 Å². The number of nitrogens with one attached hydrogen (secondary N) is 1. The number of fused-ring (bicyclic) bond motifs is 1. The molecule has 0 saturated heterocycles. The number of hydrogen-bond acceptors (Lipinski definition) is 5. The van der Waals surface area contributed by atoms with Crippen LogP contribution in [0.25, 0.3) is 11.0 Å². The van der Waals surface area contributed by atoms with Gasteiger partial charge >= 0.3 is 0 Å². The van der Waals surface area contributed by atoms with Crippen LogP contribution in [0.4, 0.5) is 0 Å². The minimum atomic E-state index is -3.35. The van der Waals surface area contributed by atoms with Crippen LogP contribution < -0.4 is 10.1 Å². The first-order chi connectivity index (χ1) is 14.8. The molecule has 1 aliphatic rings. The van der Waals surface area contributed by atoms with Crippen molar-refractivity contribution in [3.8, 4) is 5.75 Å². The van der Waals surface area contributed by atoms with Gasteiger partial charge in [0, 0.05) is 34.7 Å². The van der Waals surface area contributed by atoms with Crippen LogP contribution in [0, 0.1) is 0 Å². The molecule has 7 heteroatoms. The predicted octanol–water partition coefficient (Wildman–Crippen LogP) is 4.23. The average Bonchev–Trinajstić information content (AvgIpc) is 3.37. The number of rotatable bonds is 7. The number of carbonyl (C=O) groups excluding carboxylic acids is 1. The van der Waals surface area contributed by atoms with Crippen molar-refractivity contribution in [3.05, 3.63) is 65.4 Å². The van der Waals surface area contributed by atoms with Crippen molar-refractivity contribution >= 4 is 26.7 Å². The van der Waals surface area contributed by atoms with Gasteiger partial charge in [-0.3, -0.25) is 4.79 Å². The van der Waals surface area contributed by atoms with E-state index in [0.717, 1.165) is 43.3 Å². The van der Waals surface area contributed by atoms with E-state index in [-0.39, 0.29) is 16.9 Å². The van der Waals surface area contributed by atoms with Gasteiger partial charge in [0.1, 0.15) is 11.3 Å². The molecule has 4 rings (SSSR count). The molecule has 1 N–H and O–H groups in total. The lowest BCUT2D eigenvalue weighted by atomic mass is 9.78. The summed E-state index contributed by atoms with van der Waals surface area (Å²) in [5, 5.41) is 3.69. The Bertz CT molecular complexity index is 1210. The standard InChI is InChI=1S/C24H27NO5S/c1-29-21-12-6-4-10-19(21)24(13-7-8-14-24)16-25-23(26)22-18(15-31(2,27)28)17-9-3-5-11-20(17)30-22/h3-6,9-12H,7-8,13-16H2,1-2H3,(H,25,26). The predicted molar refractivity (Wildman–Crippen MR) is 120 cm³/mol. The third kappa shape index (κ3) is 4.32. The molecule has 1 aromatic heterocycles. The molecule has 0 aliphatic heterocycles. The van der Waals surface area contributed by atoms with Gasteiger partial charge in [0.15, 0.2) is 15.6 Å². The molecule has 1 amide bonds. The molecule has 1 saturated carbocycles. The van der Waals surface area contributed by atoms with Gasteiger partial charge in [-0.2, -0.15) is 0 Å². The average molecular weight is 442 g/mol. The van der Waals surface area contributed by atoms with Crippen LogP contribution in [0.15, 0.2) is 52.9 Å². The highest BCUT2D eigenvalue weighted by Crippen LogP contribution is 2.44. The molecule has 0 unspecified atom stereocenters. The van der Waals surface area contributed by atoms with Crippen molar-refractivity contribution in [3.63, 3.8) is 0 Å². The number of furan rings is 1. The first-order valence-electron chi connectivity index (χ1n) is 10.4. The van der Waals surface area contributed by atoms with Crippen molar-refractivity contribution in [2.75, 3.05) is 19.9 Å². The molecule has 0 bridgehead atoms. The fourth-order valence-electron chi connectivity index (χ4n) is 4.69. The lowest BCUT2D eigenvalue weighted by Crippen LogP contribution is -2.39. The summed E-state index contributed by atoms with van der Waals surface area (Å²) in [6, 6.07) is 15.1. The summed E-state index contributed by atoms with van der Waals surface area (Å²) in [7, 11) is -1.69. The number of amides is 1. The van der Waals surface area contributed by atoms with Crippen molar-refractivity contribution in [2.45, 2.75) is 36.9 Å². The van der Waals surface area contributed by atoms with Crippen molar-refractivity contribution in [1.29, 1.82) is 0 Å². The zero-order valence-electron chi connectivity index (χ0n) is 17.8. The molecule has 1 fully saturated rings. The number of ether oxygens (including phenoxy) is 1. The lowest BCUT2D eigenvalue weighted by molar-refractivity contribution is 0.0916. The molecule has 0 radical (unpaired) electrons. The summed E-state index contributed by atoms with van der Waals surface area (Å²) in [4.78, 5) is 13.2. The number of methoxy groups -OCH3 is 1. The van der Waals surface area contributed by atoms with E-state index in [1.54, 1.807) is 31.4 Å². The van der Waals surface area contributed by atoms with Crippen LogP contribution in [0.5, 0.6) is 5.75 Å². The maximum atomic E-state index is 13.2. The molecule has 0 atom stereocenters. The minimum Gasteiger partial charge on any atom is -0.496 e. The Hall–Kier alpha value is -2.80. The highest BCUT2D eigenvalue weighted by atomic mass is 32.2. The zero-order chi connectivity index (χ0) is 22.1. The Morgan fingerprint density at radius 3 is 2.48 bits per heavy atom. The van der Waals surface area contributed by atoms with Gasteiger partial charge in [0.05, 0.1) is 12.9 Å². The van der Waals surface area contributed by atoms with E-state index in [4.69, 9.17) is 9.15 Å². The Kier molecular flexibility index (Phi) is 5.79. The number of sulfone groups is 1. The van der Waals surface area contributed by atoms with E-state index in [2.05, 4.69) is 11.4 Å². The minimum absolute atomic E-state index is 0.0693. The normalized spacial score (nSPS) is 15.8. The van der Waals surface area contributed by atoms with Crippen LogP contribution in [-0.2, 0) is 21.0 Å². The molecular weight excluding hydrogens is 414 g/mol. The molecule has 31 heavy (non-hydrogen) atoms. The third-order valence-electron chi connectivity index (χ3n) is 6.14. The third-order valence-corrected chi connectivity index (χ3v) is 6.95. The number of benzene rings is 2. The summed E-state index contributed by atoms with van der Waals surface area (Å²) in [6.07, 6.45) is 5.22. The van der Waals surface area contributed by atoms with Crippen LogP contribution >= 0.6 is 0 Å². The fourth-order valence-corrected chi connectivity index (χ4v) is 5.50. The molecule has 164 valence electrons. The van der Waals surface area contributed by atoms with E-state index < -0.39 is 15.7 Å². The largest absolute Gasteiger partial charge is 0.496 e. The van der Waals surface area contributed by atoms with Gasteiger partial charge in [0.25, 0.3) is 5.91 Å². The van der Waals surface area contributed by atoms with Gasteiger partial charge in [-0.15, -0.1) is 0 Å². The smallest absolute Gasteiger partial charge is 0.287 e. The summed E-state index contributed by atoms with van der Waals surface area (Å²) in [5.74, 6) is 0.251. The van der Waals surface area contributed by atoms with Gasteiger partial charge in [-0.05, 0) is 25.0 Å². The van der Waals surface area contributed by atoms with E-state index in [1.807, 2.05) is 18.2 Å². The molecule has 3 aromatic rings. The van der Waals surface area contributed by atoms with Crippen LogP contribution in [0.3, 0.4) is 0 Å². The van der Waals surface area contributed by atoms with E-state index in [1.165, 1.54) is 0 Å². The Morgan fingerprint density at radius 2 is 1.77 bits per heavy atom. The molecule has 6 nitrogen and oxygen atoms in total. The molecule has 1 heterocycles. The van der Waals surface area contributed by atoms with Crippen LogP contribution in [0.1, 0.15) is 47.4 Å². The highest BCUT2D eigenvalue weighted by molar-refractivity contribution is 7.89. The lowest BCUT2D eigenvalue weighted by Gasteiger charge is -2.31. The number of para-hydroxylation sites is 2. The zero-order valence-corrected chi connectivity index (χ0v) is 18.6. The SMILES string of the molecule is COc1ccccc1C1(CNC(=O)c2oc3ccccc3c2CS(C)(=O)=O)CCCC1. The van der Waals surface area contributed by atoms with Gasteiger partial charge in [0.2, 0.25) is 0 Å². The summed E-state index contributed by atoms with van der Waals surface area (Å²) in [5.41, 5.74) is 1.79. The second-order valence-corrected chi connectivity index (χ2v) is 10.5. The van der Waals surface area contributed by atoms with Crippen molar-refractivity contribution in [1.82, 2.24) is 5.32 Å².